The third-order valence-corrected chi connectivity index (χ3v) is 6.44. The molecule has 1 heterocycles. The van der Waals surface area contributed by atoms with Crippen LogP contribution in [0.3, 0.4) is 0 Å². The van der Waals surface area contributed by atoms with Gasteiger partial charge in [-0.3, -0.25) is 9.59 Å². The van der Waals surface area contributed by atoms with Crippen molar-refractivity contribution in [1.82, 2.24) is 0 Å². The standard InChI is InChI=1S/C26H28O5/c1-25(2,3)17-11-12-21-18(13-17)19-14-26(23(27)29-4,24(28)30-5)22(20(19)15-31-21)16-9-7-6-8-10-16/h6-13,19H,14-15H2,1-5H3. The van der Waals surface area contributed by atoms with Crippen molar-refractivity contribution in [3.8, 4) is 5.75 Å². The zero-order valence-corrected chi connectivity index (χ0v) is 18.7. The Hall–Kier alpha value is -3.08. The summed E-state index contributed by atoms with van der Waals surface area (Å²) in [5.41, 5.74) is 2.97. The van der Waals surface area contributed by atoms with Gasteiger partial charge in [-0.05, 0) is 40.2 Å². The van der Waals surface area contributed by atoms with Gasteiger partial charge in [-0.1, -0.05) is 63.2 Å². The van der Waals surface area contributed by atoms with Crippen molar-refractivity contribution in [2.45, 2.75) is 38.5 Å². The highest BCUT2D eigenvalue weighted by Gasteiger charge is 2.60. The zero-order chi connectivity index (χ0) is 22.4. The average molecular weight is 421 g/mol. The van der Waals surface area contributed by atoms with Crippen LogP contribution in [0.15, 0.2) is 54.1 Å². The Morgan fingerprint density at radius 3 is 2.23 bits per heavy atom. The minimum absolute atomic E-state index is 0.0427. The minimum Gasteiger partial charge on any atom is -0.489 e. The van der Waals surface area contributed by atoms with Crippen LogP contribution in [-0.2, 0) is 24.5 Å². The zero-order valence-electron chi connectivity index (χ0n) is 18.7. The van der Waals surface area contributed by atoms with Gasteiger partial charge in [0.25, 0.3) is 0 Å². The molecule has 5 heteroatoms. The van der Waals surface area contributed by atoms with Crippen LogP contribution in [0.25, 0.3) is 5.57 Å². The summed E-state index contributed by atoms with van der Waals surface area (Å²) < 4.78 is 16.5. The van der Waals surface area contributed by atoms with E-state index >= 15 is 0 Å². The lowest BCUT2D eigenvalue weighted by atomic mass is 9.76. The van der Waals surface area contributed by atoms with E-state index in [1.165, 1.54) is 19.8 Å². The highest BCUT2D eigenvalue weighted by Crippen LogP contribution is 2.59. The number of benzene rings is 2. The van der Waals surface area contributed by atoms with Crippen molar-refractivity contribution >= 4 is 17.5 Å². The molecule has 4 rings (SSSR count). The molecule has 1 aliphatic heterocycles. The first-order valence-corrected chi connectivity index (χ1v) is 10.5. The van der Waals surface area contributed by atoms with Crippen molar-refractivity contribution < 1.29 is 23.8 Å². The lowest BCUT2D eigenvalue weighted by Crippen LogP contribution is -2.41. The number of ether oxygens (including phenoxy) is 3. The molecule has 0 aromatic heterocycles. The maximum Gasteiger partial charge on any atom is 0.327 e. The van der Waals surface area contributed by atoms with Crippen molar-refractivity contribution in [2.24, 2.45) is 5.41 Å². The van der Waals surface area contributed by atoms with E-state index in [-0.39, 0.29) is 17.8 Å². The lowest BCUT2D eigenvalue weighted by Gasteiger charge is -2.29. The van der Waals surface area contributed by atoms with Crippen LogP contribution >= 0.6 is 0 Å². The molecule has 2 aliphatic rings. The van der Waals surface area contributed by atoms with Crippen LogP contribution in [0.4, 0.5) is 0 Å². The summed E-state index contributed by atoms with van der Waals surface area (Å²) in [5.74, 6) is -0.554. The predicted molar refractivity (Wildman–Crippen MR) is 118 cm³/mol. The van der Waals surface area contributed by atoms with Gasteiger partial charge in [0.2, 0.25) is 0 Å². The highest BCUT2D eigenvalue weighted by molar-refractivity contribution is 6.14. The van der Waals surface area contributed by atoms with Gasteiger partial charge >= 0.3 is 11.9 Å². The summed E-state index contributed by atoms with van der Waals surface area (Å²) >= 11 is 0. The molecule has 1 atom stereocenters. The van der Waals surface area contributed by atoms with E-state index in [2.05, 4.69) is 32.9 Å². The SMILES string of the molecule is COC(=O)C1(C(=O)OC)CC2C(=C1c1ccccc1)COc1ccc(C(C)(C)C)cc12. The monoisotopic (exact) mass is 420 g/mol. The summed E-state index contributed by atoms with van der Waals surface area (Å²) in [6.07, 6.45) is 0.260. The average Bonchev–Trinajstić information content (AvgIpc) is 3.14. The van der Waals surface area contributed by atoms with Gasteiger partial charge in [0.15, 0.2) is 5.41 Å². The fourth-order valence-electron chi connectivity index (χ4n) is 4.86. The first-order chi connectivity index (χ1) is 14.7. The molecule has 0 bridgehead atoms. The Kier molecular flexibility index (Phi) is 5.16. The maximum absolute atomic E-state index is 13.2. The Morgan fingerprint density at radius 1 is 1.00 bits per heavy atom. The number of hydrogen-bond donors (Lipinski definition) is 0. The molecule has 2 aromatic carbocycles. The lowest BCUT2D eigenvalue weighted by molar-refractivity contribution is -0.164. The minimum atomic E-state index is -1.53. The van der Waals surface area contributed by atoms with Gasteiger partial charge in [-0.15, -0.1) is 0 Å². The molecule has 0 radical (unpaired) electrons. The molecular formula is C26H28O5. The number of carbonyl (C=O) groups excluding carboxylic acids is 2. The van der Waals surface area contributed by atoms with Gasteiger partial charge in [0, 0.05) is 11.5 Å². The fraction of sp³-hybridized carbons (Fsp3) is 0.385. The van der Waals surface area contributed by atoms with E-state index in [1.807, 2.05) is 36.4 Å². The van der Waals surface area contributed by atoms with E-state index < -0.39 is 17.4 Å². The molecule has 2 aromatic rings. The van der Waals surface area contributed by atoms with Gasteiger partial charge in [-0.2, -0.15) is 0 Å². The molecule has 162 valence electrons. The molecule has 31 heavy (non-hydrogen) atoms. The number of carbonyl (C=O) groups is 2. The second-order valence-electron chi connectivity index (χ2n) is 9.20. The number of fused-ring (bicyclic) bond motifs is 3. The predicted octanol–water partition coefficient (Wildman–Crippen LogP) is 4.65. The van der Waals surface area contributed by atoms with E-state index in [9.17, 15) is 9.59 Å². The first kappa shape index (κ1) is 21.2. The Labute approximate surface area is 183 Å². The van der Waals surface area contributed by atoms with Crippen LogP contribution in [0.2, 0.25) is 0 Å². The number of esters is 2. The summed E-state index contributed by atoms with van der Waals surface area (Å²) in [5, 5.41) is 0. The second kappa shape index (κ2) is 7.56. The highest BCUT2D eigenvalue weighted by atomic mass is 16.5. The molecule has 0 saturated heterocycles. The molecule has 0 amide bonds. The summed E-state index contributed by atoms with van der Waals surface area (Å²) in [4.78, 5) is 26.4. The van der Waals surface area contributed by atoms with E-state index in [0.29, 0.717) is 12.2 Å². The van der Waals surface area contributed by atoms with Gasteiger partial charge in [-0.25, -0.2) is 0 Å². The quantitative estimate of drug-likeness (QED) is 0.534. The Bertz CT molecular complexity index is 1040. The van der Waals surface area contributed by atoms with Crippen LogP contribution < -0.4 is 4.74 Å². The first-order valence-electron chi connectivity index (χ1n) is 10.5. The van der Waals surface area contributed by atoms with E-state index in [1.54, 1.807) is 0 Å². The summed E-state index contributed by atoms with van der Waals surface area (Å²) in [6.45, 7) is 6.79. The number of rotatable bonds is 3. The normalized spacial score (nSPS) is 19.2. The Balaban J connectivity index is 1.98. The van der Waals surface area contributed by atoms with Crippen LogP contribution in [-0.4, -0.2) is 32.8 Å². The van der Waals surface area contributed by atoms with Crippen molar-refractivity contribution in [3.05, 3.63) is 70.8 Å². The summed E-state index contributed by atoms with van der Waals surface area (Å²) in [7, 11) is 2.62. The largest absolute Gasteiger partial charge is 0.489 e. The van der Waals surface area contributed by atoms with E-state index in [0.717, 1.165) is 22.4 Å². The number of hydrogen-bond acceptors (Lipinski definition) is 5. The van der Waals surface area contributed by atoms with Crippen LogP contribution in [0, 0.1) is 5.41 Å². The second-order valence-corrected chi connectivity index (χ2v) is 9.20. The third-order valence-electron chi connectivity index (χ3n) is 6.44. The Morgan fingerprint density at radius 2 is 1.65 bits per heavy atom. The molecular weight excluding hydrogens is 392 g/mol. The molecule has 1 aliphatic carbocycles. The number of methoxy groups -OCH3 is 2. The third kappa shape index (κ3) is 3.23. The van der Waals surface area contributed by atoms with Crippen LogP contribution in [0.1, 0.15) is 49.8 Å². The van der Waals surface area contributed by atoms with Crippen molar-refractivity contribution in [3.63, 3.8) is 0 Å². The summed E-state index contributed by atoms with van der Waals surface area (Å²) in [6, 6.07) is 15.7. The van der Waals surface area contributed by atoms with Crippen molar-refractivity contribution in [2.75, 3.05) is 20.8 Å². The van der Waals surface area contributed by atoms with Crippen molar-refractivity contribution in [1.29, 1.82) is 0 Å². The molecule has 0 fully saturated rings. The topological polar surface area (TPSA) is 61.8 Å². The fourth-order valence-corrected chi connectivity index (χ4v) is 4.86. The molecule has 5 nitrogen and oxygen atoms in total. The molecule has 0 N–H and O–H groups in total. The van der Waals surface area contributed by atoms with Gasteiger partial charge < -0.3 is 14.2 Å². The van der Waals surface area contributed by atoms with Gasteiger partial charge in [0.05, 0.1) is 14.2 Å². The van der Waals surface area contributed by atoms with Gasteiger partial charge in [0.1, 0.15) is 12.4 Å². The molecule has 0 saturated carbocycles. The maximum atomic E-state index is 13.2. The smallest absolute Gasteiger partial charge is 0.327 e. The van der Waals surface area contributed by atoms with E-state index in [4.69, 9.17) is 14.2 Å². The molecule has 1 unspecified atom stereocenters. The molecule has 0 spiro atoms. The van der Waals surface area contributed by atoms with Crippen LogP contribution in [0.5, 0.6) is 5.75 Å².